The molecule has 30 heavy (non-hydrogen) atoms. The fourth-order valence-electron chi connectivity index (χ4n) is 3.33. The minimum atomic E-state index is -3.94. The number of rotatable bonds is 4. The third-order valence-corrected chi connectivity index (χ3v) is 6.58. The summed E-state index contributed by atoms with van der Waals surface area (Å²) in [4.78, 5) is 12.8. The van der Waals surface area contributed by atoms with Crippen LogP contribution in [0.15, 0.2) is 82.8 Å². The maximum absolute atomic E-state index is 13.1. The molecule has 152 valence electrons. The first-order chi connectivity index (χ1) is 14.4. The number of anilines is 1. The van der Waals surface area contributed by atoms with Crippen LogP contribution in [0.4, 0.5) is 5.69 Å². The molecule has 0 atom stereocenters. The Bertz CT molecular complexity index is 1250. The van der Waals surface area contributed by atoms with Gasteiger partial charge in [0.2, 0.25) is 5.91 Å². The number of nitrogens with one attached hydrogen (secondary N) is 1. The van der Waals surface area contributed by atoms with E-state index in [1.165, 1.54) is 6.07 Å². The van der Waals surface area contributed by atoms with Crippen molar-refractivity contribution in [2.24, 2.45) is 5.10 Å². The van der Waals surface area contributed by atoms with Crippen LogP contribution < -0.4 is 5.32 Å². The maximum atomic E-state index is 13.1. The summed E-state index contributed by atoms with van der Waals surface area (Å²) in [6.07, 6.45) is 0. The molecule has 4 rings (SSSR count). The Labute approximate surface area is 175 Å². The summed E-state index contributed by atoms with van der Waals surface area (Å²) >= 11 is 0. The van der Waals surface area contributed by atoms with Crippen LogP contribution in [0.2, 0.25) is 0 Å². The van der Waals surface area contributed by atoms with Crippen LogP contribution >= 0.6 is 0 Å². The second-order valence-corrected chi connectivity index (χ2v) is 8.97. The summed E-state index contributed by atoms with van der Waals surface area (Å²) < 4.78 is 27.1. The zero-order valence-corrected chi connectivity index (χ0v) is 17.5. The van der Waals surface area contributed by atoms with E-state index in [4.69, 9.17) is 0 Å². The lowest BCUT2D eigenvalue weighted by Crippen LogP contribution is -2.38. The molecule has 7 heteroatoms. The second-order valence-electron chi connectivity index (χ2n) is 7.16. The Balaban J connectivity index is 1.70. The molecule has 0 aliphatic carbocycles. The Morgan fingerprint density at radius 3 is 2.43 bits per heavy atom. The van der Waals surface area contributed by atoms with Crippen LogP contribution in [0.3, 0.4) is 0 Å². The number of hydrogen-bond acceptors (Lipinski definition) is 4. The smallest absolute Gasteiger partial charge is 0.280 e. The van der Waals surface area contributed by atoms with Gasteiger partial charge in [0.15, 0.2) is 0 Å². The van der Waals surface area contributed by atoms with Gasteiger partial charge in [0, 0.05) is 16.8 Å². The Kier molecular flexibility index (Phi) is 5.13. The van der Waals surface area contributed by atoms with Gasteiger partial charge in [0.05, 0.1) is 4.90 Å². The number of hydrazone groups is 1. The van der Waals surface area contributed by atoms with Gasteiger partial charge in [0.25, 0.3) is 10.0 Å². The van der Waals surface area contributed by atoms with Gasteiger partial charge < -0.3 is 5.32 Å². The summed E-state index contributed by atoms with van der Waals surface area (Å²) in [7, 11) is -3.94. The number of benzene rings is 3. The summed E-state index contributed by atoms with van der Waals surface area (Å²) in [5.74, 6) is -0.456. The van der Waals surface area contributed by atoms with E-state index in [1.807, 2.05) is 62.4 Å². The molecule has 0 spiro atoms. The standard InChI is InChI=1S/C23H21N3O3S/c1-16-12-13-17(2)20(14-16)24-22(27)15-26-25-23(18-8-4-3-5-9-18)19-10-6-7-11-21(19)30(26,28)29/h3-14H,15H2,1-2H3,(H,24,27). The van der Waals surface area contributed by atoms with E-state index < -0.39 is 22.5 Å². The zero-order chi connectivity index (χ0) is 21.3. The van der Waals surface area contributed by atoms with E-state index >= 15 is 0 Å². The van der Waals surface area contributed by atoms with Crippen molar-refractivity contribution in [1.29, 1.82) is 0 Å². The molecule has 3 aromatic carbocycles. The molecule has 0 saturated carbocycles. The van der Waals surface area contributed by atoms with Gasteiger partial charge in [0.1, 0.15) is 12.3 Å². The third-order valence-electron chi connectivity index (χ3n) is 4.90. The first-order valence-electron chi connectivity index (χ1n) is 9.49. The van der Waals surface area contributed by atoms with Gasteiger partial charge in [-0.1, -0.05) is 60.7 Å². The van der Waals surface area contributed by atoms with E-state index in [-0.39, 0.29) is 4.90 Å². The first-order valence-corrected chi connectivity index (χ1v) is 10.9. The Morgan fingerprint density at radius 2 is 1.67 bits per heavy atom. The van der Waals surface area contributed by atoms with Crippen LogP contribution in [0.1, 0.15) is 22.3 Å². The van der Waals surface area contributed by atoms with Crippen molar-refractivity contribution in [3.8, 4) is 0 Å². The Hall–Kier alpha value is -3.45. The van der Waals surface area contributed by atoms with Crippen molar-refractivity contribution < 1.29 is 13.2 Å². The molecule has 0 aromatic heterocycles. The molecule has 1 amide bonds. The fourth-order valence-corrected chi connectivity index (χ4v) is 4.73. The molecule has 1 aliphatic heterocycles. The lowest BCUT2D eigenvalue weighted by Gasteiger charge is -2.26. The predicted octanol–water partition coefficient (Wildman–Crippen LogP) is 3.70. The monoisotopic (exact) mass is 419 g/mol. The topological polar surface area (TPSA) is 78.8 Å². The average Bonchev–Trinajstić information content (AvgIpc) is 2.73. The van der Waals surface area contributed by atoms with E-state index in [2.05, 4.69) is 10.4 Å². The van der Waals surface area contributed by atoms with Crippen molar-refractivity contribution in [3.05, 3.63) is 95.1 Å². The quantitative estimate of drug-likeness (QED) is 0.700. The van der Waals surface area contributed by atoms with Gasteiger partial charge in [-0.25, -0.2) is 0 Å². The predicted molar refractivity (Wildman–Crippen MR) is 117 cm³/mol. The lowest BCUT2D eigenvalue weighted by molar-refractivity contribution is -0.116. The number of sulfonamides is 1. The molecule has 1 aliphatic rings. The van der Waals surface area contributed by atoms with Crippen LogP contribution in [0.5, 0.6) is 0 Å². The molecule has 0 saturated heterocycles. The highest BCUT2D eigenvalue weighted by atomic mass is 32.2. The molecule has 1 N–H and O–H groups in total. The molecule has 6 nitrogen and oxygen atoms in total. The normalized spacial score (nSPS) is 14.6. The lowest BCUT2D eigenvalue weighted by atomic mass is 10.0. The van der Waals surface area contributed by atoms with Gasteiger partial charge >= 0.3 is 0 Å². The van der Waals surface area contributed by atoms with Crippen molar-refractivity contribution in [3.63, 3.8) is 0 Å². The van der Waals surface area contributed by atoms with Gasteiger partial charge in [-0.15, -0.1) is 0 Å². The second kappa shape index (κ2) is 7.76. The number of nitrogens with zero attached hydrogens (tertiary/aromatic N) is 2. The SMILES string of the molecule is Cc1ccc(C)c(NC(=O)CN2N=C(c3ccccc3)c3ccccc3S2(=O)=O)c1. The highest BCUT2D eigenvalue weighted by molar-refractivity contribution is 7.89. The van der Waals surface area contributed by atoms with E-state index in [1.54, 1.807) is 18.2 Å². The largest absolute Gasteiger partial charge is 0.324 e. The molecule has 1 heterocycles. The van der Waals surface area contributed by atoms with Crippen molar-refractivity contribution in [2.45, 2.75) is 18.7 Å². The van der Waals surface area contributed by atoms with Crippen LogP contribution in [0.25, 0.3) is 0 Å². The van der Waals surface area contributed by atoms with E-state index in [0.717, 1.165) is 21.1 Å². The van der Waals surface area contributed by atoms with Gasteiger partial charge in [-0.2, -0.15) is 17.9 Å². The first kappa shape index (κ1) is 19.8. The molecule has 0 radical (unpaired) electrons. The minimum Gasteiger partial charge on any atom is -0.324 e. The number of hydrogen-bond donors (Lipinski definition) is 1. The number of carbonyl (C=O) groups is 1. The number of fused-ring (bicyclic) bond motifs is 1. The average molecular weight is 420 g/mol. The summed E-state index contributed by atoms with van der Waals surface area (Å²) in [5.41, 5.74) is 4.37. The minimum absolute atomic E-state index is 0.137. The summed E-state index contributed by atoms with van der Waals surface area (Å²) in [5, 5.41) is 7.17. The van der Waals surface area contributed by atoms with Crippen molar-refractivity contribution >= 4 is 27.3 Å². The molecular formula is C23H21N3O3S. The van der Waals surface area contributed by atoms with Gasteiger partial charge in [-0.3, -0.25) is 4.79 Å². The zero-order valence-electron chi connectivity index (χ0n) is 16.7. The maximum Gasteiger partial charge on any atom is 0.280 e. The van der Waals surface area contributed by atoms with E-state index in [9.17, 15) is 13.2 Å². The number of amides is 1. The van der Waals surface area contributed by atoms with Crippen molar-refractivity contribution in [2.75, 3.05) is 11.9 Å². The van der Waals surface area contributed by atoms with E-state index in [0.29, 0.717) is 17.0 Å². The molecule has 3 aromatic rings. The highest BCUT2D eigenvalue weighted by Gasteiger charge is 2.34. The summed E-state index contributed by atoms with van der Waals surface area (Å²) in [6.45, 7) is 3.40. The van der Waals surface area contributed by atoms with Gasteiger partial charge in [-0.05, 0) is 37.1 Å². The van der Waals surface area contributed by atoms with Crippen LogP contribution in [-0.4, -0.2) is 31.0 Å². The number of aryl methyl sites for hydroxylation is 2. The highest BCUT2D eigenvalue weighted by Crippen LogP contribution is 2.29. The summed E-state index contributed by atoms with van der Waals surface area (Å²) in [6, 6.07) is 21.7. The molecule has 0 unspecified atom stereocenters. The fraction of sp³-hybridized carbons (Fsp3) is 0.130. The third kappa shape index (κ3) is 3.71. The van der Waals surface area contributed by atoms with Crippen molar-refractivity contribution in [1.82, 2.24) is 4.41 Å². The number of carbonyl (C=O) groups excluding carboxylic acids is 1. The van der Waals surface area contributed by atoms with Crippen LogP contribution in [-0.2, 0) is 14.8 Å². The Morgan fingerprint density at radius 1 is 0.967 bits per heavy atom. The van der Waals surface area contributed by atoms with Crippen LogP contribution in [0, 0.1) is 13.8 Å². The molecule has 0 fully saturated rings. The molecule has 0 bridgehead atoms. The molecular weight excluding hydrogens is 398 g/mol.